The van der Waals surface area contributed by atoms with Gasteiger partial charge in [-0.25, -0.2) is 13.2 Å². The predicted molar refractivity (Wildman–Crippen MR) is 67.5 cm³/mol. The first-order valence-corrected chi connectivity index (χ1v) is 7.09. The number of carboxylic acid groups (broad SMARTS) is 1. The molecule has 0 amide bonds. The summed E-state index contributed by atoms with van der Waals surface area (Å²) in [5.74, 6) is -1.59. The molecule has 2 rings (SSSR count). The van der Waals surface area contributed by atoms with Crippen molar-refractivity contribution in [2.24, 2.45) is 7.05 Å². The fraction of sp³-hybridized carbons (Fsp3) is 0.167. The maximum absolute atomic E-state index is 12.2. The Balaban J connectivity index is 2.43. The molecule has 0 radical (unpaired) electrons. The molecule has 2 aromatic rings. The van der Waals surface area contributed by atoms with Crippen molar-refractivity contribution in [1.29, 1.82) is 0 Å². The maximum Gasteiger partial charge on any atom is 0.337 e. The van der Waals surface area contributed by atoms with E-state index < -0.39 is 15.8 Å². The Bertz CT molecular complexity index is 719. The average molecular weight is 280 g/mol. The molecule has 1 heterocycles. The van der Waals surface area contributed by atoms with E-state index in [0.717, 1.165) is 0 Å². The van der Waals surface area contributed by atoms with Gasteiger partial charge in [0, 0.05) is 13.2 Å². The minimum atomic E-state index is -3.73. The van der Waals surface area contributed by atoms with E-state index in [1.807, 2.05) is 0 Å². The monoisotopic (exact) mass is 280 g/mol. The number of aromatic carboxylic acids is 1. The maximum atomic E-state index is 12.2. The Morgan fingerprint density at radius 1 is 1.32 bits per heavy atom. The second kappa shape index (κ2) is 4.85. The second-order valence-corrected chi connectivity index (χ2v) is 6.00. The number of carboxylic acids is 1. The number of carbonyl (C=O) groups is 1. The molecule has 0 saturated carbocycles. The molecule has 0 aliphatic carbocycles. The highest BCUT2D eigenvalue weighted by Gasteiger charge is 2.23. The van der Waals surface area contributed by atoms with Crippen LogP contribution in [0.15, 0.2) is 41.4 Å². The number of sulfone groups is 1. The van der Waals surface area contributed by atoms with Crippen LogP contribution in [-0.4, -0.2) is 29.3 Å². The third-order valence-corrected chi connectivity index (χ3v) is 4.26. The molecule has 0 bridgehead atoms. The quantitative estimate of drug-likeness (QED) is 0.905. The lowest BCUT2D eigenvalue weighted by Crippen LogP contribution is -2.11. The molecule has 0 aliphatic heterocycles. The molecule has 0 spiro atoms. The Hall–Kier alpha value is -2.15. The van der Waals surface area contributed by atoms with E-state index >= 15 is 0 Å². The zero-order chi connectivity index (χ0) is 14.0. The molecule has 1 N–H and O–H groups in total. The van der Waals surface area contributed by atoms with Gasteiger partial charge in [0.2, 0.25) is 0 Å². The van der Waals surface area contributed by atoms with Crippen molar-refractivity contribution in [2.75, 3.05) is 0 Å². The molecule has 1 aromatic heterocycles. The van der Waals surface area contributed by atoms with Crippen molar-refractivity contribution in [1.82, 2.24) is 9.78 Å². The Labute approximate surface area is 110 Å². The van der Waals surface area contributed by atoms with E-state index in [0.29, 0.717) is 5.69 Å². The molecular weight excluding hydrogens is 268 g/mol. The number of aryl methyl sites for hydroxylation is 1. The number of rotatable bonds is 4. The summed E-state index contributed by atoms with van der Waals surface area (Å²) < 4.78 is 25.9. The standard InChI is InChI=1S/C12H12N2O4S/c1-14-7-6-9(13-14)8-19(17,18)11-5-3-2-4-10(11)12(15)16/h2-7H,8H2,1H3,(H,15,16). The van der Waals surface area contributed by atoms with E-state index in [1.54, 1.807) is 19.3 Å². The highest BCUT2D eigenvalue weighted by atomic mass is 32.2. The molecule has 0 saturated heterocycles. The number of benzene rings is 1. The van der Waals surface area contributed by atoms with Crippen LogP contribution < -0.4 is 0 Å². The summed E-state index contributed by atoms with van der Waals surface area (Å²) in [4.78, 5) is 10.9. The van der Waals surface area contributed by atoms with E-state index in [4.69, 9.17) is 5.11 Å². The minimum Gasteiger partial charge on any atom is -0.478 e. The second-order valence-electron chi connectivity index (χ2n) is 4.04. The lowest BCUT2D eigenvalue weighted by atomic mass is 10.2. The van der Waals surface area contributed by atoms with Gasteiger partial charge in [-0.15, -0.1) is 0 Å². The highest BCUT2D eigenvalue weighted by molar-refractivity contribution is 7.90. The smallest absolute Gasteiger partial charge is 0.337 e. The third-order valence-electron chi connectivity index (χ3n) is 2.56. The fourth-order valence-corrected chi connectivity index (χ4v) is 3.20. The number of hydrogen-bond acceptors (Lipinski definition) is 4. The van der Waals surface area contributed by atoms with Crippen LogP contribution in [-0.2, 0) is 22.6 Å². The first-order chi connectivity index (χ1) is 8.90. The third kappa shape index (κ3) is 2.82. The molecule has 0 fully saturated rings. The normalized spacial score (nSPS) is 11.4. The van der Waals surface area contributed by atoms with Crippen LogP contribution in [0.5, 0.6) is 0 Å². The molecule has 19 heavy (non-hydrogen) atoms. The van der Waals surface area contributed by atoms with Crippen LogP contribution in [0, 0.1) is 0 Å². The van der Waals surface area contributed by atoms with Crippen molar-refractivity contribution in [3.63, 3.8) is 0 Å². The van der Waals surface area contributed by atoms with Crippen LogP contribution in [0.3, 0.4) is 0 Å². The molecule has 0 unspecified atom stereocenters. The van der Waals surface area contributed by atoms with Crippen molar-refractivity contribution >= 4 is 15.8 Å². The molecular formula is C12H12N2O4S. The molecule has 100 valence electrons. The van der Waals surface area contributed by atoms with Crippen molar-refractivity contribution < 1.29 is 18.3 Å². The van der Waals surface area contributed by atoms with Gasteiger partial charge < -0.3 is 5.11 Å². The number of nitrogens with zero attached hydrogens (tertiary/aromatic N) is 2. The molecule has 0 aliphatic rings. The van der Waals surface area contributed by atoms with Gasteiger partial charge in [-0.1, -0.05) is 12.1 Å². The van der Waals surface area contributed by atoms with Gasteiger partial charge in [-0.05, 0) is 18.2 Å². The van der Waals surface area contributed by atoms with E-state index in [9.17, 15) is 13.2 Å². The first-order valence-electron chi connectivity index (χ1n) is 5.44. The Kier molecular flexibility index (Phi) is 3.39. The summed E-state index contributed by atoms with van der Waals surface area (Å²) in [5, 5.41) is 13.0. The van der Waals surface area contributed by atoms with Crippen LogP contribution in [0.2, 0.25) is 0 Å². The molecule has 7 heteroatoms. The predicted octanol–water partition coefficient (Wildman–Crippen LogP) is 1.09. The Morgan fingerprint density at radius 2 is 2.00 bits per heavy atom. The summed E-state index contributed by atoms with van der Waals surface area (Å²) >= 11 is 0. The fourth-order valence-electron chi connectivity index (χ4n) is 1.73. The number of hydrogen-bond donors (Lipinski definition) is 1. The lowest BCUT2D eigenvalue weighted by molar-refractivity contribution is 0.0692. The average Bonchev–Trinajstić information content (AvgIpc) is 2.74. The Morgan fingerprint density at radius 3 is 2.58 bits per heavy atom. The topological polar surface area (TPSA) is 89.3 Å². The summed E-state index contributed by atoms with van der Waals surface area (Å²) in [5.41, 5.74) is 0.154. The van der Waals surface area contributed by atoms with Crippen LogP contribution in [0.25, 0.3) is 0 Å². The van der Waals surface area contributed by atoms with Gasteiger partial charge in [0.05, 0.1) is 21.9 Å². The van der Waals surface area contributed by atoms with Crippen molar-refractivity contribution in [2.45, 2.75) is 10.6 Å². The summed E-state index contributed by atoms with van der Waals surface area (Å²) in [6, 6.07) is 7.14. The summed E-state index contributed by atoms with van der Waals surface area (Å²) in [6.45, 7) is 0. The lowest BCUT2D eigenvalue weighted by Gasteiger charge is -2.06. The van der Waals surface area contributed by atoms with Crippen LogP contribution >= 0.6 is 0 Å². The van der Waals surface area contributed by atoms with Gasteiger partial charge >= 0.3 is 5.97 Å². The van der Waals surface area contributed by atoms with Gasteiger partial charge in [-0.2, -0.15) is 5.10 Å². The SMILES string of the molecule is Cn1ccc(CS(=O)(=O)c2ccccc2C(=O)O)n1. The van der Waals surface area contributed by atoms with Gasteiger partial charge in [0.25, 0.3) is 0 Å². The van der Waals surface area contributed by atoms with Crippen molar-refractivity contribution in [3.05, 3.63) is 47.8 Å². The molecule has 6 nitrogen and oxygen atoms in total. The first kappa shape index (κ1) is 13.3. The minimum absolute atomic E-state index is 0.187. The van der Waals surface area contributed by atoms with Gasteiger partial charge in [-0.3, -0.25) is 4.68 Å². The van der Waals surface area contributed by atoms with E-state index in [2.05, 4.69) is 5.10 Å². The van der Waals surface area contributed by atoms with Gasteiger partial charge in [0.1, 0.15) is 0 Å². The van der Waals surface area contributed by atoms with E-state index in [1.165, 1.54) is 28.9 Å². The zero-order valence-corrected chi connectivity index (χ0v) is 11.0. The summed E-state index contributed by atoms with van der Waals surface area (Å²) in [6.07, 6.45) is 1.63. The van der Waals surface area contributed by atoms with Gasteiger partial charge in [0.15, 0.2) is 9.84 Å². The van der Waals surface area contributed by atoms with E-state index in [-0.39, 0.29) is 16.2 Å². The molecule has 1 aromatic carbocycles. The largest absolute Gasteiger partial charge is 0.478 e. The number of aromatic nitrogens is 2. The van der Waals surface area contributed by atoms with Crippen LogP contribution in [0.1, 0.15) is 16.1 Å². The summed E-state index contributed by atoms with van der Waals surface area (Å²) in [7, 11) is -2.05. The zero-order valence-electron chi connectivity index (χ0n) is 10.1. The van der Waals surface area contributed by atoms with Crippen molar-refractivity contribution in [3.8, 4) is 0 Å². The highest BCUT2D eigenvalue weighted by Crippen LogP contribution is 2.20. The van der Waals surface area contributed by atoms with Crippen LogP contribution in [0.4, 0.5) is 0 Å². The molecule has 0 atom stereocenters.